The molecule has 2 nitrogen and oxygen atoms in total. The predicted molar refractivity (Wildman–Crippen MR) is 58.3 cm³/mol. The van der Waals surface area contributed by atoms with Gasteiger partial charge in [-0.2, -0.15) is 0 Å². The van der Waals surface area contributed by atoms with E-state index in [2.05, 4.69) is 0 Å². The lowest BCUT2D eigenvalue weighted by atomic mass is 9.92. The predicted octanol–water partition coefficient (Wildman–Crippen LogP) is 2.29. The number of rotatable bonds is 2. The first-order valence-corrected chi connectivity index (χ1v) is 5.05. The number of hydrogen-bond donors (Lipinski definition) is 0. The molecule has 0 bridgehead atoms. The zero-order chi connectivity index (χ0) is 10.7. The standard InChI is InChI=1S/C13H12O2/c14-12-7-3-1-5-10(12)9-11-6-2-4-8-13(11)15/h1-6H,7-9H2. The van der Waals surface area contributed by atoms with Crippen LogP contribution >= 0.6 is 0 Å². The van der Waals surface area contributed by atoms with Crippen LogP contribution in [0, 0.1) is 0 Å². The van der Waals surface area contributed by atoms with Gasteiger partial charge in [0.1, 0.15) is 0 Å². The summed E-state index contributed by atoms with van der Waals surface area (Å²) in [5.74, 6) is 0.251. The molecular weight excluding hydrogens is 188 g/mol. The van der Waals surface area contributed by atoms with E-state index in [1.54, 1.807) is 12.2 Å². The monoisotopic (exact) mass is 200 g/mol. The van der Waals surface area contributed by atoms with Crippen molar-refractivity contribution in [2.45, 2.75) is 19.3 Å². The van der Waals surface area contributed by atoms with E-state index >= 15 is 0 Å². The highest BCUT2D eigenvalue weighted by atomic mass is 16.1. The zero-order valence-electron chi connectivity index (χ0n) is 8.40. The van der Waals surface area contributed by atoms with Gasteiger partial charge in [-0.05, 0) is 11.1 Å². The van der Waals surface area contributed by atoms with Crippen molar-refractivity contribution in [3.63, 3.8) is 0 Å². The molecule has 2 aliphatic carbocycles. The van der Waals surface area contributed by atoms with E-state index in [0.29, 0.717) is 19.3 Å². The summed E-state index contributed by atoms with van der Waals surface area (Å²) in [6.45, 7) is 0. The second-order valence-electron chi connectivity index (χ2n) is 3.67. The number of carbonyl (C=O) groups excluding carboxylic acids is 2. The molecular formula is C13H12O2. The van der Waals surface area contributed by atoms with Gasteiger partial charge in [0.05, 0.1) is 0 Å². The SMILES string of the molecule is O=C1CC=CC=C1CC1=CC=CCC1=O. The summed E-state index contributed by atoms with van der Waals surface area (Å²) in [4.78, 5) is 23.0. The zero-order valence-corrected chi connectivity index (χ0v) is 8.40. The molecule has 76 valence electrons. The van der Waals surface area contributed by atoms with Gasteiger partial charge in [-0.25, -0.2) is 0 Å². The van der Waals surface area contributed by atoms with Crippen molar-refractivity contribution < 1.29 is 9.59 Å². The van der Waals surface area contributed by atoms with Crippen LogP contribution in [0.2, 0.25) is 0 Å². The van der Waals surface area contributed by atoms with Gasteiger partial charge in [-0.3, -0.25) is 9.59 Å². The Bertz CT molecular complexity index is 380. The number of allylic oxidation sites excluding steroid dienone is 8. The van der Waals surface area contributed by atoms with Crippen LogP contribution in [0.15, 0.2) is 47.6 Å². The maximum Gasteiger partial charge on any atom is 0.162 e. The molecule has 0 heterocycles. The maximum atomic E-state index is 11.5. The Balaban J connectivity index is 2.14. The maximum absolute atomic E-state index is 11.5. The molecule has 0 fully saturated rings. The second kappa shape index (κ2) is 4.22. The first kappa shape index (κ1) is 9.84. The average Bonchev–Trinajstić information content (AvgIpc) is 2.24. The Labute approximate surface area is 88.7 Å². The van der Waals surface area contributed by atoms with Crippen molar-refractivity contribution in [3.8, 4) is 0 Å². The highest BCUT2D eigenvalue weighted by Gasteiger charge is 2.16. The van der Waals surface area contributed by atoms with Crippen molar-refractivity contribution in [3.05, 3.63) is 47.6 Å². The van der Waals surface area contributed by atoms with E-state index in [0.717, 1.165) is 11.1 Å². The van der Waals surface area contributed by atoms with E-state index in [1.165, 1.54) is 0 Å². The number of hydrogen-bond acceptors (Lipinski definition) is 2. The summed E-state index contributed by atoms with van der Waals surface area (Å²) in [6, 6.07) is 0. The van der Waals surface area contributed by atoms with E-state index in [4.69, 9.17) is 0 Å². The summed E-state index contributed by atoms with van der Waals surface area (Å²) in [6.07, 6.45) is 12.4. The minimum Gasteiger partial charge on any atom is -0.294 e. The fourth-order valence-electron chi connectivity index (χ4n) is 1.69. The minimum absolute atomic E-state index is 0.126. The third kappa shape index (κ3) is 2.21. The smallest absolute Gasteiger partial charge is 0.162 e. The first-order valence-electron chi connectivity index (χ1n) is 5.05. The summed E-state index contributed by atoms with van der Waals surface area (Å²) >= 11 is 0. The van der Waals surface area contributed by atoms with E-state index < -0.39 is 0 Å². The molecule has 0 radical (unpaired) electrons. The van der Waals surface area contributed by atoms with Gasteiger partial charge >= 0.3 is 0 Å². The van der Waals surface area contributed by atoms with Gasteiger partial charge in [0, 0.05) is 19.3 Å². The Morgan fingerprint density at radius 3 is 1.73 bits per heavy atom. The number of Topliss-reactive ketones (excluding diaryl/α,β-unsaturated/α-hetero) is 2. The quantitative estimate of drug-likeness (QED) is 0.685. The van der Waals surface area contributed by atoms with Gasteiger partial charge < -0.3 is 0 Å². The van der Waals surface area contributed by atoms with Crippen molar-refractivity contribution >= 4 is 11.6 Å². The molecule has 0 aromatic carbocycles. The molecule has 0 unspecified atom stereocenters. The molecule has 0 aliphatic heterocycles. The van der Waals surface area contributed by atoms with Gasteiger partial charge in [0.15, 0.2) is 11.6 Å². The lowest BCUT2D eigenvalue weighted by molar-refractivity contribution is -0.115. The molecule has 0 aromatic rings. The van der Waals surface area contributed by atoms with Crippen LogP contribution in [0.25, 0.3) is 0 Å². The van der Waals surface area contributed by atoms with Crippen LogP contribution in [-0.4, -0.2) is 11.6 Å². The van der Waals surface area contributed by atoms with Crippen molar-refractivity contribution in [1.82, 2.24) is 0 Å². The third-order valence-electron chi connectivity index (χ3n) is 2.57. The molecule has 0 aromatic heterocycles. The van der Waals surface area contributed by atoms with Crippen LogP contribution in [0.5, 0.6) is 0 Å². The van der Waals surface area contributed by atoms with Crippen LogP contribution in [0.3, 0.4) is 0 Å². The van der Waals surface area contributed by atoms with Gasteiger partial charge in [0.2, 0.25) is 0 Å². The summed E-state index contributed by atoms with van der Waals surface area (Å²) in [5, 5.41) is 0. The third-order valence-corrected chi connectivity index (χ3v) is 2.57. The van der Waals surface area contributed by atoms with E-state index in [9.17, 15) is 9.59 Å². The summed E-state index contributed by atoms with van der Waals surface area (Å²) in [7, 11) is 0. The average molecular weight is 200 g/mol. The molecule has 2 rings (SSSR count). The lowest BCUT2D eigenvalue weighted by Crippen LogP contribution is -2.10. The Hall–Kier alpha value is -1.70. The van der Waals surface area contributed by atoms with Crippen LogP contribution < -0.4 is 0 Å². The largest absolute Gasteiger partial charge is 0.294 e. The second-order valence-corrected chi connectivity index (χ2v) is 3.67. The first-order chi connectivity index (χ1) is 7.27. The fourth-order valence-corrected chi connectivity index (χ4v) is 1.69. The fraction of sp³-hybridized carbons (Fsp3) is 0.231. The van der Waals surface area contributed by atoms with E-state index in [-0.39, 0.29) is 11.6 Å². The summed E-state index contributed by atoms with van der Waals surface area (Å²) < 4.78 is 0. The summed E-state index contributed by atoms with van der Waals surface area (Å²) in [5.41, 5.74) is 1.49. The molecule has 0 saturated carbocycles. The minimum atomic E-state index is 0.126. The Morgan fingerprint density at radius 2 is 1.33 bits per heavy atom. The molecule has 0 atom stereocenters. The van der Waals surface area contributed by atoms with Crippen LogP contribution in [-0.2, 0) is 9.59 Å². The molecule has 2 aliphatic rings. The highest BCUT2D eigenvalue weighted by molar-refractivity contribution is 6.03. The molecule has 15 heavy (non-hydrogen) atoms. The van der Waals surface area contributed by atoms with E-state index in [1.807, 2.05) is 24.3 Å². The normalized spacial score (nSPS) is 20.3. The van der Waals surface area contributed by atoms with Gasteiger partial charge in [0.25, 0.3) is 0 Å². The molecule has 0 N–H and O–H groups in total. The topological polar surface area (TPSA) is 34.1 Å². The van der Waals surface area contributed by atoms with Gasteiger partial charge in [-0.1, -0.05) is 36.5 Å². The van der Waals surface area contributed by atoms with Crippen LogP contribution in [0.1, 0.15) is 19.3 Å². The molecule has 0 spiro atoms. The van der Waals surface area contributed by atoms with Crippen LogP contribution in [0.4, 0.5) is 0 Å². The Kier molecular flexibility index (Phi) is 2.77. The van der Waals surface area contributed by atoms with Crippen molar-refractivity contribution in [1.29, 1.82) is 0 Å². The number of carbonyl (C=O) groups is 2. The molecule has 2 heteroatoms. The lowest BCUT2D eigenvalue weighted by Gasteiger charge is -2.11. The van der Waals surface area contributed by atoms with Crippen molar-refractivity contribution in [2.75, 3.05) is 0 Å². The van der Waals surface area contributed by atoms with Crippen molar-refractivity contribution in [2.24, 2.45) is 0 Å². The number of ketones is 2. The Morgan fingerprint density at radius 1 is 0.867 bits per heavy atom. The highest BCUT2D eigenvalue weighted by Crippen LogP contribution is 2.20. The van der Waals surface area contributed by atoms with Gasteiger partial charge in [-0.15, -0.1) is 0 Å². The molecule has 0 amide bonds. The molecule has 0 saturated heterocycles.